The second-order valence-corrected chi connectivity index (χ2v) is 2.33. The van der Waals surface area contributed by atoms with E-state index in [0.717, 1.165) is 0 Å². The van der Waals surface area contributed by atoms with Crippen molar-refractivity contribution in [2.45, 2.75) is 0 Å². The Morgan fingerprint density at radius 2 is 2.25 bits per heavy atom. The van der Waals surface area contributed by atoms with Crippen molar-refractivity contribution in [1.29, 1.82) is 0 Å². The predicted molar refractivity (Wildman–Crippen MR) is 43.0 cm³/mol. The van der Waals surface area contributed by atoms with Gasteiger partial charge in [-0.2, -0.15) is 5.10 Å². The third kappa shape index (κ3) is 1.14. The molecule has 0 saturated carbocycles. The lowest BCUT2D eigenvalue weighted by molar-refractivity contribution is 0.472. The molecule has 0 fully saturated rings. The van der Waals surface area contributed by atoms with Gasteiger partial charge < -0.3 is 5.11 Å². The molecule has 4 nitrogen and oxygen atoms in total. The Balaban J connectivity index is 2.43. The molecule has 0 aliphatic heterocycles. The van der Waals surface area contributed by atoms with Gasteiger partial charge in [-0.05, 0) is 18.2 Å². The van der Waals surface area contributed by atoms with Gasteiger partial charge in [-0.15, -0.1) is 0 Å². The first-order valence-corrected chi connectivity index (χ1v) is 3.51. The van der Waals surface area contributed by atoms with Gasteiger partial charge in [-0.3, -0.25) is 0 Å². The van der Waals surface area contributed by atoms with Crippen molar-refractivity contribution in [3.63, 3.8) is 0 Å². The predicted octanol–water partition coefficient (Wildman–Crippen LogP) is 0.973. The minimum Gasteiger partial charge on any atom is -0.506 e. The number of nitrogens with zero attached hydrogens (tertiary/aromatic N) is 3. The summed E-state index contributed by atoms with van der Waals surface area (Å²) in [5, 5.41) is 13.0. The summed E-state index contributed by atoms with van der Waals surface area (Å²) in [7, 11) is 0. The molecule has 2 rings (SSSR count). The van der Waals surface area contributed by atoms with Gasteiger partial charge in [0.2, 0.25) is 0 Å². The third-order valence-electron chi connectivity index (χ3n) is 1.47. The summed E-state index contributed by atoms with van der Waals surface area (Å²) in [5.41, 5.74) is 0. The number of rotatable bonds is 1. The molecule has 1 N–H and O–H groups in total. The zero-order valence-corrected chi connectivity index (χ0v) is 6.25. The van der Waals surface area contributed by atoms with E-state index >= 15 is 0 Å². The van der Waals surface area contributed by atoms with Crippen LogP contribution in [0, 0.1) is 0 Å². The smallest absolute Gasteiger partial charge is 0.153 e. The molecule has 0 bridgehead atoms. The van der Waals surface area contributed by atoms with Crippen LogP contribution in [0.5, 0.6) is 5.75 Å². The van der Waals surface area contributed by atoms with Gasteiger partial charge in [-0.25, -0.2) is 9.67 Å². The fourth-order valence-electron chi connectivity index (χ4n) is 0.918. The SMILES string of the molecule is Oc1ccc(-n2cccn2)nc1. The van der Waals surface area contributed by atoms with Crippen molar-refractivity contribution in [1.82, 2.24) is 14.8 Å². The maximum atomic E-state index is 8.96. The third-order valence-corrected chi connectivity index (χ3v) is 1.47. The van der Waals surface area contributed by atoms with Crippen LogP contribution in [0.25, 0.3) is 5.82 Å². The lowest BCUT2D eigenvalue weighted by Crippen LogP contribution is -1.95. The van der Waals surface area contributed by atoms with E-state index in [2.05, 4.69) is 10.1 Å². The van der Waals surface area contributed by atoms with Crippen molar-refractivity contribution in [3.05, 3.63) is 36.8 Å². The van der Waals surface area contributed by atoms with Crippen molar-refractivity contribution < 1.29 is 5.11 Å². The second kappa shape index (κ2) is 2.65. The summed E-state index contributed by atoms with van der Waals surface area (Å²) >= 11 is 0. The van der Waals surface area contributed by atoms with E-state index in [4.69, 9.17) is 5.11 Å². The van der Waals surface area contributed by atoms with E-state index in [1.807, 2.05) is 6.07 Å². The molecule has 0 aromatic carbocycles. The Hall–Kier alpha value is -1.84. The van der Waals surface area contributed by atoms with Crippen LogP contribution in [0.1, 0.15) is 0 Å². The average Bonchev–Trinajstić information content (AvgIpc) is 2.58. The maximum Gasteiger partial charge on any atom is 0.153 e. The summed E-state index contributed by atoms with van der Waals surface area (Å²) in [5.74, 6) is 0.851. The van der Waals surface area contributed by atoms with E-state index in [1.54, 1.807) is 29.2 Å². The topological polar surface area (TPSA) is 50.9 Å². The zero-order valence-electron chi connectivity index (χ0n) is 6.25. The van der Waals surface area contributed by atoms with Crippen molar-refractivity contribution in [2.24, 2.45) is 0 Å². The van der Waals surface area contributed by atoms with Gasteiger partial charge in [0, 0.05) is 12.4 Å². The largest absolute Gasteiger partial charge is 0.506 e. The van der Waals surface area contributed by atoms with Crippen molar-refractivity contribution in [2.75, 3.05) is 0 Å². The molecule has 0 aliphatic rings. The first kappa shape index (κ1) is 6.84. The Morgan fingerprint density at radius 1 is 1.33 bits per heavy atom. The normalized spacial score (nSPS) is 10.0. The first-order valence-electron chi connectivity index (χ1n) is 3.51. The minimum absolute atomic E-state index is 0.158. The Labute approximate surface area is 69.1 Å². The second-order valence-electron chi connectivity index (χ2n) is 2.33. The van der Waals surface area contributed by atoms with Gasteiger partial charge >= 0.3 is 0 Å². The summed E-state index contributed by atoms with van der Waals surface area (Å²) in [6.07, 6.45) is 4.85. The van der Waals surface area contributed by atoms with Gasteiger partial charge in [0.05, 0.1) is 6.20 Å². The van der Waals surface area contributed by atoms with Gasteiger partial charge in [-0.1, -0.05) is 0 Å². The highest BCUT2D eigenvalue weighted by atomic mass is 16.3. The molecule has 0 saturated heterocycles. The molecule has 0 amide bonds. The Bertz CT molecular complexity index is 352. The average molecular weight is 161 g/mol. The lowest BCUT2D eigenvalue weighted by Gasteiger charge is -1.98. The first-order chi connectivity index (χ1) is 5.86. The summed E-state index contributed by atoms with van der Waals surface area (Å²) < 4.78 is 1.62. The number of aromatic hydroxyl groups is 1. The van der Waals surface area contributed by atoms with Crippen LogP contribution in [0.2, 0.25) is 0 Å². The van der Waals surface area contributed by atoms with E-state index in [0.29, 0.717) is 5.82 Å². The van der Waals surface area contributed by atoms with Crippen LogP contribution in [0.15, 0.2) is 36.8 Å². The standard InChI is InChI=1S/C8H7N3O/c12-7-2-3-8(9-6-7)11-5-1-4-10-11/h1-6,12H. The summed E-state index contributed by atoms with van der Waals surface area (Å²) in [4.78, 5) is 3.97. The van der Waals surface area contributed by atoms with Crippen molar-refractivity contribution >= 4 is 0 Å². The Kier molecular flexibility index (Phi) is 1.51. The van der Waals surface area contributed by atoms with Gasteiger partial charge in [0.15, 0.2) is 5.82 Å². The minimum atomic E-state index is 0.158. The number of pyridine rings is 1. The lowest BCUT2D eigenvalue weighted by atomic mass is 10.4. The molecule has 0 atom stereocenters. The van der Waals surface area contributed by atoms with Crippen molar-refractivity contribution in [3.8, 4) is 11.6 Å². The Morgan fingerprint density at radius 3 is 2.83 bits per heavy atom. The van der Waals surface area contributed by atoms with Gasteiger partial charge in [0.1, 0.15) is 5.75 Å². The van der Waals surface area contributed by atoms with Gasteiger partial charge in [0.25, 0.3) is 0 Å². The fraction of sp³-hybridized carbons (Fsp3) is 0. The van der Waals surface area contributed by atoms with Crippen LogP contribution in [-0.2, 0) is 0 Å². The molecule has 12 heavy (non-hydrogen) atoms. The number of hydrogen-bond acceptors (Lipinski definition) is 3. The van der Waals surface area contributed by atoms with Crippen LogP contribution >= 0.6 is 0 Å². The van der Waals surface area contributed by atoms with Crippen LogP contribution in [0.4, 0.5) is 0 Å². The molecule has 0 aliphatic carbocycles. The molecule has 2 aromatic heterocycles. The zero-order chi connectivity index (χ0) is 8.39. The quantitative estimate of drug-likeness (QED) is 0.678. The molecular formula is C8H7N3O. The molecule has 60 valence electrons. The maximum absolute atomic E-state index is 8.96. The molecule has 4 heteroatoms. The molecule has 2 aromatic rings. The molecule has 0 spiro atoms. The monoisotopic (exact) mass is 161 g/mol. The van der Waals surface area contributed by atoms with Crippen LogP contribution < -0.4 is 0 Å². The fourth-order valence-corrected chi connectivity index (χ4v) is 0.918. The van der Waals surface area contributed by atoms with Crippen LogP contribution in [-0.4, -0.2) is 19.9 Å². The number of hydrogen-bond donors (Lipinski definition) is 1. The molecule has 2 heterocycles. The van der Waals surface area contributed by atoms with Crippen LogP contribution in [0.3, 0.4) is 0 Å². The van der Waals surface area contributed by atoms with E-state index in [1.165, 1.54) is 6.20 Å². The highest BCUT2D eigenvalue weighted by Gasteiger charge is 1.95. The molecule has 0 radical (unpaired) electrons. The summed E-state index contributed by atoms with van der Waals surface area (Å²) in [6, 6.07) is 5.08. The highest BCUT2D eigenvalue weighted by molar-refractivity contribution is 5.26. The molecule has 0 unspecified atom stereocenters. The van der Waals surface area contributed by atoms with E-state index in [9.17, 15) is 0 Å². The number of aromatic nitrogens is 3. The molecular weight excluding hydrogens is 154 g/mol. The highest BCUT2D eigenvalue weighted by Crippen LogP contribution is 2.08. The van der Waals surface area contributed by atoms with E-state index < -0.39 is 0 Å². The van der Waals surface area contributed by atoms with E-state index in [-0.39, 0.29) is 5.75 Å². The summed E-state index contributed by atoms with van der Waals surface area (Å²) in [6.45, 7) is 0.